The third-order valence-corrected chi connectivity index (χ3v) is 5.92. The summed E-state index contributed by atoms with van der Waals surface area (Å²) in [4.78, 5) is 8.62. The monoisotopic (exact) mass is 393 g/mol. The second kappa shape index (κ2) is 8.85. The van der Waals surface area contributed by atoms with E-state index in [1.165, 1.54) is 0 Å². The number of rotatable bonds is 9. The van der Waals surface area contributed by atoms with Crippen molar-refractivity contribution in [2.45, 2.75) is 52.7 Å². The fourth-order valence-electron chi connectivity index (χ4n) is 2.49. The number of anilines is 1. The molecule has 0 unspecified atom stereocenters. The zero-order valence-corrected chi connectivity index (χ0v) is 18.0. The van der Waals surface area contributed by atoms with Gasteiger partial charge in [-0.15, -0.1) is 0 Å². The topological polar surface area (TPSA) is 75.8 Å². The Hall–Kier alpha value is -1.62. The van der Waals surface area contributed by atoms with Crippen LogP contribution in [0.5, 0.6) is 0 Å². The molecule has 0 aliphatic carbocycles. The second-order valence-corrected chi connectivity index (χ2v) is 14.1. The van der Waals surface area contributed by atoms with Gasteiger partial charge in [-0.2, -0.15) is 10.2 Å². The molecule has 2 rings (SSSR count). The summed E-state index contributed by atoms with van der Waals surface area (Å²) in [6, 6.07) is 3.32. The summed E-state index contributed by atoms with van der Waals surface area (Å²) in [5.41, 5.74) is 1.15. The van der Waals surface area contributed by atoms with Crippen molar-refractivity contribution in [3.05, 3.63) is 17.0 Å². The Bertz CT molecular complexity index is 791. The van der Waals surface area contributed by atoms with Crippen LogP contribution < -0.4 is 5.32 Å². The number of ether oxygens (including phenoxy) is 1. The standard InChI is InChI=1S/C18H28ClN5OSi/c1-13(2)6-7-21-16-15-14(10-20)11-24(17(15)23-18(19)22-16)12-25-8-9-26(3,4)5/h11,13H,6-9,12H2,1-5H3,(H,21,22,23). The van der Waals surface area contributed by atoms with Crippen LogP contribution in [-0.4, -0.2) is 35.8 Å². The highest BCUT2D eigenvalue weighted by atomic mass is 35.5. The third kappa shape index (κ3) is 5.69. The van der Waals surface area contributed by atoms with Gasteiger partial charge in [-0.1, -0.05) is 33.5 Å². The molecule has 0 saturated carbocycles. The van der Waals surface area contributed by atoms with Gasteiger partial charge in [0.2, 0.25) is 5.28 Å². The van der Waals surface area contributed by atoms with Crippen molar-refractivity contribution >= 4 is 36.5 Å². The maximum Gasteiger partial charge on any atom is 0.226 e. The first-order valence-electron chi connectivity index (χ1n) is 8.99. The van der Waals surface area contributed by atoms with E-state index in [9.17, 15) is 5.26 Å². The molecule has 2 heterocycles. The van der Waals surface area contributed by atoms with Crippen molar-refractivity contribution in [3.63, 3.8) is 0 Å². The average molecular weight is 394 g/mol. The van der Waals surface area contributed by atoms with E-state index >= 15 is 0 Å². The van der Waals surface area contributed by atoms with Gasteiger partial charge in [0.05, 0.1) is 10.9 Å². The van der Waals surface area contributed by atoms with E-state index in [0.717, 1.165) is 19.0 Å². The summed E-state index contributed by atoms with van der Waals surface area (Å²) in [5.74, 6) is 1.19. The molecule has 0 fully saturated rings. The third-order valence-electron chi connectivity index (χ3n) is 4.05. The number of nitrogens with one attached hydrogen (secondary N) is 1. The van der Waals surface area contributed by atoms with Crippen LogP contribution in [0.15, 0.2) is 6.20 Å². The Kier molecular flexibility index (Phi) is 7.04. The van der Waals surface area contributed by atoms with Crippen molar-refractivity contribution in [2.24, 2.45) is 5.92 Å². The van der Waals surface area contributed by atoms with Crippen LogP contribution in [0.25, 0.3) is 11.0 Å². The van der Waals surface area contributed by atoms with Gasteiger partial charge in [0.25, 0.3) is 0 Å². The lowest BCUT2D eigenvalue weighted by Crippen LogP contribution is -2.22. The summed E-state index contributed by atoms with van der Waals surface area (Å²) in [7, 11) is -1.14. The van der Waals surface area contributed by atoms with E-state index in [4.69, 9.17) is 16.3 Å². The van der Waals surface area contributed by atoms with E-state index in [1.54, 1.807) is 6.20 Å². The minimum atomic E-state index is -1.14. The number of hydrogen-bond acceptors (Lipinski definition) is 5. The predicted octanol–water partition coefficient (Wildman–Crippen LogP) is 4.73. The van der Waals surface area contributed by atoms with E-state index in [0.29, 0.717) is 41.7 Å². The molecule has 0 aliphatic heterocycles. The molecule has 0 spiro atoms. The maximum absolute atomic E-state index is 9.52. The molecule has 1 N–H and O–H groups in total. The zero-order chi connectivity index (χ0) is 19.3. The first-order valence-corrected chi connectivity index (χ1v) is 13.1. The minimum absolute atomic E-state index is 0.162. The molecule has 142 valence electrons. The lowest BCUT2D eigenvalue weighted by atomic mass is 10.1. The highest BCUT2D eigenvalue weighted by molar-refractivity contribution is 6.76. The largest absolute Gasteiger partial charge is 0.369 e. The zero-order valence-electron chi connectivity index (χ0n) is 16.3. The van der Waals surface area contributed by atoms with Crippen molar-refractivity contribution in [1.82, 2.24) is 14.5 Å². The summed E-state index contributed by atoms with van der Waals surface area (Å²) >= 11 is 6.12. The van der Waals surface area contributed by atoms with E-state index in [1.807, 2.05) is 4.57 Å². The van der Waals surface area contributed by atoms with Gasteiger partial charge in [0.15, 0.2) is 0 Å². The van der Waals surface area contributed by atoms with Gasteiger partial charge in [-0.25, -0.2) is 4.98 Å². The average Bonchev–Trinajstić information content (AvgIpc) is 2.88. The maximum atomic E-state index is 9.52. The summed E-state index contributed by atoms with van der Waals surface area (Å²) in [6.45, 7) is 13.1. The van der Waals surface area contributed by atoms with Crippen LogP contribution in [0.2, 0.25) is 31.0 Å². The smallest absolute Gasteiger partial charge is 0.226 e. The van der Waals surface area contributed by atoms with Gasteiger partial charge in [0, 0.05) is 27.4 Å². The van der Waals surface area contributed by atoms with Crippen molar-refractivity contribution in [3.8, 4) is 6.07 Å². The van der Waals surface area contributed by atoms with Crippen LogP contribution in [0.3, 0.4) is 0 Å². The summed E-state index contributed by atoms with van der Waals surface area (Å²) in [5, 5.41) is 13.7. The molecular weight excluding hydrogens is 366 g/mol. The molecule has 6 nitrogen and oxygen atoms in total. The van der Waals surface area contributed by atoms with Gasteiger partial charge in [-0.05, 0) is 30.0 Å². The normalized spacial score (nSPS) is 11.9. The number of aromatic nitrogens is 3. The second-order valence-electron chi connectivity index (χ2n) is 8.12. The SMILES string of the molecule is CC(C)CCNc1nc(Cl)nc2c1c(C#N)cn2COCC[Si](C)(C)C. The fraction of sp³-hybridized carbons (Fsp3) is 0.611. The molecular formula is C18H28ClN5OSi. The predicted molar refractivity (Wildman–Crippen MR) is 109 cm³/mol. The van der Waals surface area contributed by atoms with Gasteiger partial charge >= 0.3 is 0 Å². The van der Waals surface area contributed by atoms with Gasteiger partial charge in [0.1, 0.15) is 24.3 Å². The molecule has 0 amide bonds. The number of halogens is 1. The highest BCUT2D eigenvalue weighted by Gasteiger charge is 2.17. The van der Waals surface area contributed by atoms with Crippen LogP contribution in [0.1, 0.15) is 25.8 Å². The lowest BCUT2D eigenvalue weighted by molar-refractivity contribution is 0.0898. The Balaban J connectivity index is 2.24. The quantitative estimate of drug-likeness (QED) is 0.378. The molecule has 8 heteroatoms. The number of hydrogen-bond donors (Lipinski definition) is 1. The number of nitrogens with zero attached hydrogens (tertiary/aromatic N) is 4. The minimum Gasteiger partial charge on any atom is -0.369 e. The fourth-order valence-corrected chi connectivity index (χ4v) is 3.41. The molecule has 0 saturated heterocycles. The van der Waals surface area contributed by atoms with Gasteiger partial charge in [-0.3, -0.25) is 0 Å². The molecule has 26 heavy (non-hydrogen) atoms. The first kappa shape index (κ1) is 20.7. The Morgan fingerprint density at radius 2 is 2.08 bits per heavy atom. The first-order chi connectivity index (χ1) is 12.2. The highest BCUT2D eigenvalue weighted by Crippen LogP contribution is 2.27. The molecule has 2 aromatic heterocycles. The van der Waals surface area contributed by atoms with E-state index < -0.39 is 8.07 Å². The van der Waals surface area contributed by atoms with Crippen LogP contribution in [0, 0.1) is 17.2 Å². The van der Waals surface area contributed by atoms with Crippen molar-refractivity contribution in [2.75, 3.05) is 18.5 Å². The molecule has 0 radical (unpaired) electrons. The molecule has 0 bridgehead atoms. The van der Waals surface area contributed by atoms with Crippen LogP contribution >= 0.6 is 11.6 Å². The molecule has 2 aromatic rings. The number of fused-ring (bicyclic) bond motifs is 1. The Morgan fingerprint density at radius 3 is 2.69 bits per heavy atom. The summed E-state index contributed by atoms with van der Waals surface area (Å²) < 4.78 is 7.65. The number of nitriles is 1. The van der Waals surface area contributed by atoms with Crippen LogP contribution in [-0.2, 0) is 11.5 Å². The Morgan fingerprint density at radius 1 is 1.35 bits per heavy atom. The lowest BCUT2D eigenvalue weighted by Gasteiger charge is -2.15. The summed E-state index contributed by atoms with van der Waals surface area (Å²) in [6.07, 6.45) is 2.77. The molecule has 0 atom stereocenters. The van der Waals surface area contributed by atoms with Crippen molar-refractivity contribution in [1.29, 1.82) is 5.26 Å². The molecule has 0 aromatic carbocycles. The van der Waals surface area contributed by atoms with E-state index in [-0.39, 0.29) is 5.28 Å². The Labute approximate surface area is 161 Å². The van der Waals surface area contributed by atoms with E-state index in [2.05, 4.69) is 54.8 Å². The van der Waals surface area contributed by atoms with Gasteiger partial charge < -0.3 is 14.6 Å². The van der Waals surface area contributed by atoms with Crippen LogP contribution in [0.4, 0.5) is 5.82 Å². The molecule has 0 aliphatic rings. The van der Waals surface area contributed by atoms with Crippen molar-refractivity contribution < 1.29 is 4.74 Å².